The average molecular weight is 353 g/mol. The van der Waals surface area contributed by atoms with Crippen LogP contribution in [0.4, 0.5) is 21.7 Å². The van der Waals surface area contributed by atoms with Gasteiger partial charge in [0.25, 0.3) is 0 Å². The third-order valence-electron chi connectivity index (χ3n) is 3.05. The number of hydrogen-bond acceptors (Lipinski definition) is 4. The van der Waals surface area contributed by atoms with Crippen molar-refractivity contribution in [3.05, 3.63) is 39.9 Å². The van der Waals surface area contributed by atoms with E-state index in [-0.39, 0.29) is 11.7 Å². The molecule has 0 amide bonds. The molecule has 4 nitrogen and oxygen atoms in total. The second kappa shape index (κ2) is 6.39. The monoisotopic (exact) mass is 352 g/mol. The van der Waals surface area contributed by atoms with Gasteiger partial charge in [0.2, 0.25) is 0 Å². The molecule has 6 heteroatoms. The van der Waals surface area contributed by atoms with E-state index in [4.69, 9.17) is 0 Å². The molecule has 0 bridgehead atoms. The SMILES string of the molecule is CNc1cc(Nc2cc(F)c(Br)cc2C)nc(C(C)C)n1. The zero-order chi connectivity index (χ0) is 15.6. The predicted molar refractivity (Wildman–Crippen MR) is 87.8 cm³/mol. The summed E-state index contributed by atoms with van der Waals surface area (Å²) in [6.45, 7) is 5.97. The van der Waals surface area contributed by atoms with E-state index >= 15 is 0 Å². The van der Waals surface area contributed by atoms with Gasteiger partial charge in [-0.3, -0.25) is 0 Å². The van der Waals surface area contributed by atoms with Gasteiger partial charge >= 0.3 is 0 Å². The van der Waals surface area contributed by atoms with Crippen molar-refractivity contribution in [1.82, 2.24) is 9.97 Å². The van der Waals surface area contributed by atoms with Crippen LogP contribution >= 0.6 is 15.9 Å². The van der Waals surface area contributed by atoms with E-state index in [2.05, 4.69) is 36.5 Å². The molecule has 0 atom stereocenters. The van der Waals surface area contributed by atoms with Gasteiger partial charge in [-0.25, -0.2) is 14.4 Å². The van der Waals surface area contributed by atoms with E-state index in [1.165, 1.54) is 6.07 Å². The van der Waals surface area contributed by atoms with Gasteiger partial charge in [-0.2, -0.15) is 0 Å². The summed E-state index contributed by atoms with van der Waals surface area (Å²) in [7, 11) is 1.81. The number of hydrogen-bond donors (Lipinski definition) is 2. The first-order valence-corrected chi connectivity index (χ1v) is 7.49. The maximum atomic E-state index is 13.7. The first-order valence-electron chi connectivity index (χ1n) is 6.70. The van der Waals surface area contributed by atoms with Crippen molar-refractivity contribution in [3.8, 4) is 0 Å². The molecule has 1 heterocycles. The average Bonchev–Trinajstić information content (AvgIpc) is 2.44. The zero-order valence-electron chi connectivity index (χ0n) is 12.5. The molecule has 0 radical (unpaired) electrons. The van der Waals surface area contributed by atoms with Crippen molar-refractivity contribution in [3.63, 3.8) is 0 Å². The Kier molecular flexibility index (Phi) is 4.77. The molecule has 0 aliphatic heterocycles. The lowest BCUT2D eigenvalue weighted by Gasteiger charge is -2.13. The quantitative estimate of drug-likeness (QED) is 0.844. The molecule has 1 aromatic carbocycles. The minimum Gasteiger partial charge on any atom is -0.373 e. The number of benzene rings is 1. The number of halogens is 2. The van der Waals surface area contributed by atoms with Crippen LogP contribution in [0.2, 0.25) is 0 Å². The summed E-state index contributed by atoms with van der Waals surface area (Å²) in [6, 6.07) is 4.99. The normalized spacial score (nSPS) is 10.8. The van der Waals surface area contributed by atoms with Gasteiger partial charge < -0.3 is 10.6 Å². The van der Waals surface area contributed by atoms with Gasteiger partial charge in [-0.1, -0.05) is 13.8 Å². The van der Waals surface area contributed by atoms with Crippen molar-refractivity contribution in [2.75, 3.05) is 17.7 Å². The highest BCUT2D eigenvalue weighted by molar-refractivity contribution is 9.10. The van der Waals surface area contributed by atoms with Crippen LogP contribution in [0.5, 0.6) is 0 Å². The molecule has 0 saturated carbocycles. The lowest BCUT2D eigenvalue weighted by Crippen LogP contribution is -2.05. The standard InChI is InChI=1S/C15H18BrFN4/c1-8(2)15-20-13(18-4)7-14(21-15)19-12-6-11(17)10(16)5-9(12)3/h5-8H,1-4H3,(H2,18,19,20,21). The van der Waals surface area contributed by atoms with Crippen molar-refractivity contribution >= 4 is 33.3 Å². The van der Waals surface area contributed by atoms with E-state index < -0.39 is 0 Å². The summed E-state index contributed by atoms with van der Waals surface area (Å²) < 4.78 is 14.1. The van der Waals surface area contributed by atoms with Crippen LogP contribution in [-0.4, -0.2) is 17.0 Å². The molecule has 0 spiro atoms. The molecule has 0 unspecified atom stereocenters. The molecule has 0 saturated heterocycles. The fourth-order valence-corrected chi connectivity index (χ4v) is 2.29. The Morgan fingerprint density at radius 1 is 1.14 bits per heavy atom. The van der Waals surface area contributed by atoms with Crippen molar-refractivity contribution < 1.29 is 4.39 Å². The molecule has 112 valence electrons. The predicted octanol–water partition coefficient (Wildman–Crippen LogP) is 4.60. The molecule has 1 aromatic heterocycles. The molecule has 0 aliphatic rings. The Morgan fingerprint density at radius 3 is 2.43 bits per heavy atom. The van der Waals surface area contributed by atoms with Crippen LogP contribution in [0.1, 0.15) is 31.2 Å². The maximum Gasteiger partial charge on any atom is 0.139 e. The number of aryl methyl sites for hydroxylation is 1. The van der Waals surface area contributed by atoms with E-state index in [0.717, 1.165) is 17.2 Å². The van der Waals surface area contributed by atoms with Crippen LogP contribution in [0.25, 0.3) is 0 Å². The topological polar surface area (TPSA) is 49.8 Å². The number of nitrogens with one attached hydrogen (secondary N) is 2. The fourth-order valence-electron chi connectivity index (χ4n) is 1.84. The lowest BCUT2D eigenvalue weighted by atomic mass is 10.2. The van der Waals surface area contributed by atoms with Gasteiger partial charge in [0, 0.05) is 24.7 Å². The lowest BCUT2D eigenvalue weighted by molar-refractivity contribution is 0.621. The Bertz CT molecular complexity index is 658. The third-order valence-corrected chi connectivity index (χ3v) is 3.65. The summed E-state index contributed by atoms with van der Waals surface area (Å²) >= 11 is 3.18. The Labute approximate surface area is 132 Å². The molecule has 21 heavy (non-hydrogen) atoms. The van der Waals surface area contributed by atoms with E-state index in [1.54, 1.807) is 19.2 Å². The number of nitrogens with zero attached hydrogens (tertiary/aromatic N) is 2. The van der Waals surface area contributed by atoms with Crippen molar-refractivity contribution in [2.24, 2.45) is 0 Å². The molecular formula is C15H18BrFN4. The molecule has 0 aliphatic carbocycles. The van der Waals surface area contributed by atoms with Crippen LogP contribution in [0, 0.1) is 12.7 Å². The highest BCUT2D eigenvalue weighted by atomic mass is 79.9. The largest absolute Gasteiger partial charge is 0.373 e. The van der Waals surface area contributed by atoms with E-state index in [0.29, 0.717) is 16.0 Å². The molecule has 2 N–H and O–H groups in total. The summed E-state index contributed by atoms with van der Waals surface area (Å²) in [4.78, 5) is 8.88. The summed E-state index contributed by atoms with van der Waals surface area (Å²) in [5.74, 6) is 2.01. The minimum atomic E-state index is -0.310. The second-order valence-corrected chi connectivity index (χ2v) is 5.96. The van der Waals surface area contributed by atoms with Gasteiger partial charge in [-0.15, -0.1) is 0 Å². The van der Waals surface area contributed by atoms with E-state index in [1.807, 2.05) is 20.8 Å². The fraction of sp³-hybridized carbons (Fsp3) is 0.333. The summed E-state index contributed by atoms with van der Waals surface area (Å²) in [6.07, 6.45) is 0. The Morgan fingerprint density at radius 2 is 1.81 bits per heavy atom. The third kappa shape index (κ3) is 3.69. The number of aromatic nitrogens is 2. The molecule has 0 fully saturated rings. The smallest absolute Gasteiger partial charge is 0.139 e. The summed E-state index contributed by atoms with van der Waals surface area (Å²) in [5, 5.41) is 6.17. The molecule has 2 rings (SSSR count). The van der Waals surface area contributed by atoms with E-state index in [9.17, 15) is 4.39 Å². The zero-order valence-corrected chi connectivity index (χ0v) is 14.0. The van der Waals surface area contributed by atoms with Crippen LogP contribution in [0.15, 0.2) is 22.7 Å². The van der Waals surface area contributed by atoms with Crippen molar-refractivity contribution in [2.45, 2.75) is 26.7 Å². The number of rotatable bonds is 4. The molecular weight excluding hydrogens is 335 g/mol. The first kappa shape index (κ1) is 15.7. The minimum absolute atomic E-state index is 0.210. The Balaban J connectivity index is 2.39. The first-order chi connectivity index (χ1) is 9.90. The van der Waals surface area contributed by atoms with Crippen molar-refractivity contribution in [1.29, 1.82) is 0 Å². The maximum absolute atomic E-state index is 13.7. The van der Waals surface area contributed by atoms with Gasteiger partial charge in [0.1, 0.15) is 23.3 Å². The van der Waals surface area contributed by atoms with Gasteiger partial charge in [0.05, 0.1) is 4.47 Å². The highest BCUT2D eigenvalue weighted by Crippen LogP contribution is 2.27. The van der Waals surface area contributed by atoms with Crippen LogP contribution < -0.4 is 10.6 Å². The van der Waals surface area contributed by atoms with Gasteiger partial charge in [0.15, 0.2) is 0 Å². The number of anilines is 3. The summed E-state index contributed by atoms with van der Waals surface area (Å²) in [5.41, 5.74) is 1.62. The van der Waals surface area contributed by atoms with Crippen LogP contribution in [-0.2, 0) is 0 Å². The molecule has 2 aromatic rings. The van der Waals surface area contributed by atoms with Crippen LogP contribution in [0.3, 0.4) is 0 Å². The second-order valence-electron chi connectivity index (χ2n) is 5.11. The van der Waals surface area contributed by atoms with Gasteiger partial charge in [-0.05, 0) is 40.5 Å². The highest BCUT2D eigenvalue weighted by Gasteiger charge is 2.10. The Hall–Kier alpha value is -1.69.